The first-order valence-corrected chi connectivity index (χ1v) is 10.0. The molecule has 1 fully saturated rings. The van der Waals surface area contributed by atoms with Gasteiger partial charge >= 0.3 is 0 Å². The van der Waals surface area contributed by atoms with Crippen LogP contribution in [-0.4, -0.2) is 35.0 Å². The number of thiazole rings is 1. The number of hydrogen-bond acceptors (Lipinski definition) is 5. The molecular weight excluding hydrogens is 324 g/mol. The first-order chi connectivity index (χ1) is 11.2. The Bertz CT molecular complexity index is 683. The van der Waals surface area contributed by atoms with Crippen LogP contribution in [-0.2, 0) is 6.54 Å². The summed E-state index contributed by atoms with van der Waals surface area (Å²) in [6.45, 7) is 4.89. The fraction of sp³-hybridized carbons (Fsp3) is 0.444. The molecule has 1 atom stereocenters. The van der Waals surface area contributed by atoms with Gasteiger partial charge in [0, 0.05) is 40.5 Å². The highest BCUT2D eigenvalue weighted by Crippen LogP contribution is 2.27. The molecule has 122 valence electrons. The van der Waals surface area contributed by atoms with Crippen LogP contribution in [0.25, 0.3) is 0 Å². The van der Waals surface area contributed by atoms with Crippen LogP contribution in [0.4, 0.5) is 0 Å². The van der Waals surface area contributed by atoms with Crippen LogP contribution < -0.4 is 0 Å². The van der Waals surface area contributed by atoms with Gasteiger partial charge in [-0.05, 0) is 38.6 Å². The van der Waals surface area contributed by atoms with E-state index < -0.39 is 0 Å². The van der Waals surface area contributed by atoms with Crippen molar-refractivity contribution in [1.82, 2.24) is 9.88 Å². The number of rotatable bonds is 5. The molecule has 0 aliphatic carbocycles. The van der Waals surface area contributed by atoms with Crippen molar-refractivity contribution in [3.8, 4) is 0 Å². The fourth-order valence-corrected chi connectivity index (χ4v) is 4.62. The van der Waals surface area contributed by atoms with Crippen molar-refractivity contribution in [2.75, 3.05) is 19.3 Å². The number of likely N-dealkylation sites (tertiary alicyclic amines) is 1. The molecule has 2 heterocycles. The molecule has 0 bridgehead atoms. The number of aromatic nitrogens is 1. The van der Waals surface area contributed by atoms with Crippen LogP contribution in [0.3, 0.4) is 0 Å². The van der Waals surface area contributed by atoms with Gasteiger partial charge in [0.1, 0.15) is 0 Å². The second-order valence-electron chi connectivity index (χ2n) is 5.98. The predicted molar refractivity (Wildman–Crippen MR) is 97.4 cm³/mol. The third-order valence-electron chi connectivity index (χ3n) is 4.30. The second kappa shape index (κ2) is 7.60. The van der Waals surface area contributed by atoms with E-state index in [-0.39, 0.29) is 5.92 Å². The molecular formula is C18H22N2OS2. The van der Waals surface area contributed by atoms with Crippen molar-refractivity contribution in [2.24, 2.45) is 5.92 Å². The predicted octanol–water partition coefficient (Wildman–Crippen LogP) is 4.27. The molecule has 0 amide bonds. The molecule has 1 aliphatic heterocycles. The highest BCUT2D eigenvalue weighted by atomic mass is 32.2. The third-order valence-corrected chi connectivity index (χ3v) is 5.99. The second-order valence-corrected chi connectivity index (χ2v) is 8.15. The van der Waals surface area contributed by atoms with Gasteiger partial charge in [-0.3, -0.25) is 9.69 Å². The molecule has 0 unspecified atom stereocenters. The SMILES string of the molecule is CSc1ccccc1C(=O)[C@@H]1CCCN(Cc2cnc(C)s2)C1. The van der Waals surface area contributed by atoms with Gasteiger partial charge < -0.3 is 0 Å². The average molecular weight is 347 g/mol. The quantitative estimate of drug-likeness (QED) is 0.598. The lowest BCUT2D eigenvalue weighted by molar-refractivity contribution is 0.0809. The Balaban J connectivity index is 1.69. The van der Waals surface area contributed by atoms with Gasteiger partial charge in [-0.2, -0.15) is 0 Å². The fourth-order valence-electron chi connectivity index (χ4n) is 3.18. The number of thioether (sulfide) groups is 1. The Morgan fingerprint density at radius 1 is 1.43 bits per heavy atom. The summed E-state index contributed by atoms with van der Waals surface area (Å²) < 4.78 is 0. The molecule has 3 nitrogen and oxygen atoms in total. The smallest absolute Gasteiger partial charge is 0.168 e. The summed E-state index contributed by atoms with van der Waals surface area (Å²) in [4.78, 5) is 22.0. The molecule has 0 N–H and O–H groups in total. The largest absolute Gasteiger partial charge is 0.297 e. The van der Waals surface area contributed by atoms with E-state index in [4.69, 9.17) is 0 Å². The number of aryl methyl sites for hydroxylation is 1. The van der Waals surface area contributed by atoms with E-state index in [9.17, 15) is 4.79 Å². The Hall–Kier alpha value is -1.17. The van der Waals surface area contributed by atoms with Gasteiger partial charge in [-0.25, -0.2) is 4.98 Å². The summed E-state index contributed by atoms with van der Waals surface area (Å²) in [6.07, 6.45) is 6.09. The number of carbonyl (C=O) groups excluding carboxylic acids is 1. The number of benzene rings is 1. The summed E-state index contributed by atoms with van der Waals surface area (Å²) in [5.74, 6) is 0.422. The highest BCUT2D eigenvalue weighted by Gasteiger charge is 2.27. The summed E-state index contributed by atoms with van der Waals surface area (Å²) in [6, 6.07) is 7.98. The minimum atomic E-state index is 0.117. The average Bonchev–Trinajstić information content (AvgIpc) is 2.99. The zero-order chi connectivity index (χ0) is 16.2. The zero-order valence-corrected chi connectivity index (χ0v) is 15.3. The molecule has 1 saturated heterocycles. The lowest BCUT2D eigenvalue weighted by Crippen LogP contribution is -2.38. The number of hydrogen-bond donors (Lipinski definition) is 0. The Morgan fingerprint density at radius 2 is 2.26 bits per heavy atom. The molecule has 5 heteroatoms. The summed E-state index contributed by atoms with van der Waals surface area (Å²) in [5, 5.41) is 1.11. The first-order valence-electron chi connectivity index (χ1n) is 7.98. The summed E-state index contributed by atoms with van der Waals surface area (Å²) >= 11 is 3.41. The maximum atomic E-state index is 12.9. The monoisotopic (exact) mass is 346 g/mol. The molecule has 0 spiro atoms. The first kappa shape index (κ1) is 16.7. The standard InChI is InChI=1S/C18H22N2OS2/c1-13-19-10-15(23-13)12-20-9-5-6-14(11-20)18(21)16-7-3-4-8-17(16)22-2/h3-4,7-8,10,14H,5-6,9,11-12H2,1-2H3/t14-/m1/s1. The van der Waals surface area contributed by atoms with Gasteiger partial charge in [0.05, 0.1) is 5.01 Å². The van der Waals surface area contributed by atoms with Crippen molar-refractivity contribution in [3.05, 3.63) is 45.9 Å². The number of carbonyl (C=O) groups is 1. The zero-order valence-electron chi connectivity index (χ0n) is 13.6. The van der Waals surface area contributed by atoms with Crippen molar-refractivity contribution in [1.29, 1.82) is 0 Å². The normalized spacial score (nSPS) is 19.0. The van der Waals surface area contributed by atoms with Crippen molar-refractivity contribution in [3.63, 3.8) is 0 Å². The Kier molecular flexibility index (Phi) is 5.51. The summed E-state index contributed by atoms with van der Waals surface area (Å²) in [5.41, 5.74) is 0.889. The number of Topliss-reactive ketones (excluding diaryl/α,β-unsaturated/α-hetero) is 1. The van der Waals surface area contributed by atoms with E-state index in [2.05, 4.69) is 9.88 Å². The van der Waals surface area contributed by atoms with E-state index in [1.54, 1.807) is 23.1 Å². The van der Waals surface area contributed by atoms with E-state index in [1.165, 1.54) is 4.88 Å². The number of ketones is 1. The van der Waals surface area contributed by atoms with Gasteiger partial charge in [0.2, 0.25) is 0 Å². The van der Waals surface area contributed by atoms with Crippen LogP contribution >= 0.6 is 23.1 Å². The number of piperidine rings is 1. The lowest BCUT2D eigenvalue weighted by atomic mass is 9.90. The van der Waals surface area contributed by atoms with Gasteiger partial charge in [-0.15, -0.1) is 23.1 Å². The van der Waals surface area contributed by atoms with Gasteiger partial charge in [0.25, 0.3) is 0 Å². The molecule has 3 rings (SSSR count). The van der Waals surface area contributed by atoms with Crippen LogP contribution in [0.2, 0.25) is 0 Å². The van der Waals surface area contributed by atoms with E-state index in [0.29, 0.717) is 5.78 Å². The van der Waals surface area contributed by atoms with Crippen molar-refractivity contribution in [2.45, 2.75) is 31.2 Å². The van der Waals surface area contributed by atoms with E-state index >= 15 is 0 Å². The van der Waals surface area contributed by atoms with Crippen LogP contribution in [0.5, 0.6) is 0 Å². The molecule has 0 saturated carbocycles. The van der Waals surface area contributed by atoms with Crippen LogP contribution in [0.15, 0.2) is 35.4 Å². The van der Waals surface area contributed by atoms with Gasteiger partial charge in [0.15, 0.2) is 5.78 Å². The lowest BCUT2D eigenvalue weighted by Gasteiger charge is -2.31. The Labute approximate surface area is 146 Å². The molecule has 1 aromatic heterocycles. The molecule has 1 aliphatic rings. The summed E-state index contributed by atoms with van der Waals surface area (Å²) in [7, 11) is 0. The highest BCUT2D eigenvalue weighted by molar-refractivity contribution is 7.98. The van der Waals surface area contributed by atoms with E-state index in [1.807, 2.05) is 43.6 Å². The van der Waals surface area contributed by atoms with Crippen LogP contribution in [0.1, 0.15) is 33.1 Å². The minimum absolute atomic E-state index is 0.117. The topological polar surface area (TPSA) is 33.2 Å². The van der Waals surface area contributed by atoms with Crippen molar-refractivity contribution < 1.29 is 4.79 Å². The maximum absolute atomic E-state index is 12.9. The molecule has 23 heavy (non-hydrogen) atoms. The molecule has 2 aromatic rings. The van der Waals surface area contributed by atoms with Gasteiger partial charge in [-0.1, -0.05) is 18.2 Å². The molecule has 1 aromatic carbocycles. The number of nitrogens with zero attached hydrogens (tertiary/aromatic N) is 2. The third kappa shape index (κ3) is 4.03. The van der Waals surface area contributed by atoms with E-state index in [0.717, 1.165) is 47.9 Å². The maximum Gasteiger partial charge on any atom is 0.168 e. The minimum Gasteiger partial charge on any atom is -0.297 e. The van der Waals surface area contributed by atoms with Crippen LogP contribution in [0, 0.1) is 12.8 Å². The molecule has 0 radical (unpaired) electrons. The van der Waals surface area contributed by atoms with Crippen molar-refractivity contribution >= 4 is 28.9 Å². The Morgan fingerprint density at radius 3 is 3.00 bits per heavy atom.